The lowest BCUT2D eigenvalue weighted by molar-refractivity contribution is -0.135. The molecule has 1 N–H and O–H groups in total. The van der Waals surface area contributed by atoms with E-state index in [0.29, 0.717) is 6.54 Å². The van der Waals surface area contributed by atoms with E-state index in [1.807, 2.05) is 26.1 Å². The van der Waals surface area contributed by atoms with Gasteiger partial charge >= 0.3 is 0 Å². The van der Waals surface area contributed by atoms with E-state index < -0.39 is 0 Å². The number of aryl methyl sites for hydroxylation is 1. The summed E-state index contributed by atoms with van der Waals surface area (Å²) in [6.07, 6.45) is 1.89. The largest absolute Gasteiger partial charge is 0.464 e. The minimum Gasteiger partial charge on any atom is -0.464 e. The Bertz CT molecular complexity index is 381. The van der Waals surface area contributed by atoms with Crippen molar-refractivity contribution in [3.63, 3.8) is 0 Å². The monoisotopic (exact) mass is 236 g/mol. The van der Waals surface area contributed by atoms with E-state index >= 15 is 0 Å². The molecule has 4 nitrogen and oxygen atoms in total. The Morgan fingerprint density at radius 3 is 2.76 bits per heavy atom. The molecule has 1 amide bonds. The molecule has 0 spiro atoms. The lowest BCUT2D eigenvalue weighted by atomic mass is 9.97. The Morgan fingerprint density at radius 2 is 2.18 bits per heavy atom. The first-order valence-electron chi connectivity index (χ1n) is 6.18. The lowest BCUT2D eigenvalue weighted by Gasteiger charge is -2.26. The van der Waals surface area contributed by atoms with Crippen molar-refractivity contribution < 1.29 is 9.21 Å². The molecule has 0 aliphatic carbocycles. The van der Waals surface area contributed by atoms with Gasteiger partial charge in [-0.1, -0.05) is 0 Å². The standard InChI is InChI=1S/C13H20N2O2/c1-10-3-4-12(17-10)9-15(2)13(16)11-5-7-14-8-6-11/h3-4,11,14H,5-9H2,1-2H3. The molecule has 17 heavy (non-hydrogen) atoms. The van der Waals surface area contributed by atoms with Crippen LogP contribution >= 0.6 is 0 Å². The van der Waals surface area contributed by atoms with Crippen molar-refractivity contribution in [3.05, 3.63) is 23.7 Å². The minimum absolute atomic E-state index is 0.178. The van der Waals surface area contributed by atoms with Crippen molar-refractivity contribution in [2.24, 2.45) is 5.92 Å². The average molecular weight is 236 g/mol. The number of nitrogens with zero attached hydrogens (tertiary/aromatic N) is 1. The van der Waals surface area contributed by atoms with Crippen LogP contribution in [0.4, 0.5) is 0 Å². The molecule has 0 radical (unpaired) electrons. The molecule has 2 heterocycles. The molecule has 1 aliphatic heterocycles. The Kier molecular flexibility index (Phi) is 3.84. The highest BCUT2D eigenvalue weighted by Crippen LogP contribution is 2.16. The van der Waals surface area contributed by atoms with Crippen molar-refractivity contribution in [1.29, 1.82) is 0 Å². The fourth-order valence-corrected chi connectivity index (χ4v) is 2.26. The predicted molar refractivity (Wildman–Crippen MR) is 65.5 cm³/mol. The maximum atomic E-state index is 12.2. The van der Waals surface area contributed by atoms with Crippen molar-refractivity contribution in [3.8, 4) is 0 Å². The second kappa shape index (κ2) is 5.36. The molecule has 0 saturated carbocycles. The highest BCUT2D eigenvalue weighted by molar-refractivity contribution is 5.78. The highest BCUT2D eigenvalue weighted by atomic mass is 16.3. The van der Waals surface area contributed by atoms with Gasteiger partial charge in [-0.05, 0) is 45.0 Å². The number of carbonyl (C=O) groups is 1. The van der Waals surface area contributed by atoms with Crippen molar-refractivity contribution >= 4 is 5.91 Å². The first kappa shape index (κ1) is 12.2. The first-order valence-corrected chi connectivity index (χ1v) is 6.18. The van der Waals surface area contributed by atoms with Gasteiger partial charge < -0.3 is 14.6 Å². The van der Waals surface area contributed by atoms with Crippen LogP contribution in [0, 0.1) is 12.8 Å². The normalized spacial score (nSPS) is 17.1. The quantitative estimate of drug-likeness (QED) is 0.866. The van der Waals surface area contributed by atoms with Crippen LogP contribution in [0.25, 0.3) is 0 Å². The van der Waals surface area contributed by atoms with Crippen LogP contribution in [-0.4, -0.2) is 30.9 Å². The summed E-state index contributed by atoms with van der Waals surface area (Å²) in [5.74, 6) is 2.16. The Balaban J connectivity index is 1.90. The SMILES string of the molecule is Cc1ccc(CN(C)C(=O)C2CCNCC2)o1. The van der Waals surface area contributed by atoms with Crippen molar-refractivity contribution in [2.45, 2.75) is 26.3 Å². The number of rotatable bonds is 3. The molecular weight excluding hydrogens is 216 g/mol. The second-order valence-corrected chi connectivity index (χ2v) is 4.73. The van der Waals surface area contributed by atoms with Gasteiger partial charge in [-0.2, -0.15) is 0 Å². The van der Waals surface area contributed by atoms with Gasteiger partial charge in [0.05, 0.1) is 6.54 Å². The van der Waals surface area contributed by atoms with Gasteiger partial charge in [-0.25, -0.2) is 0 Å². The minimum atomic E-state index is 0.178. The van der Waals surface area contributed by atoms with Gasteiger partial charge in [0.2, 0.25) is 5.91 Å². The summed E-state index contributed by atoms with van der Waals surface area (Å²) in [6.45, 7) is 4.38. The summed E-state index contributed by atoms with van der Waals surface area (Å²) in [4.78, 5) is 13.9. The molecule has 0 unspecified atom stereocenters. The number of piperidine rings is 1. The Morgan fingerprint density at radius 1 is 1.47 bits per heavy atom. The van der Waals surface area contributed by atoms with Crippen molar-refractivity contribution in [1.82, 2.24) is 10.2 Å². The molecule has 1 aliphatic rings. The Labute approximate surface area is 102 Å². The van der Waals surface area contributed by atoms with Gasteiger partial charge in [-0.3, -0.25) is 4.79 Å². The smallest absolute Gasteiger partial charge is 0.225 e. The van der Waals surface area contributed by atoms with Crippen molar-refractivity contribution in [2.75, 3.05) is 20.1 Å². The first-order chi connectivity index (χ1) is 8.16. The van der Waals surface area contributed by atoms with Crippen LogP contribution in [0.3, 0.4) is 0 Å². The number of amides is 1. The van der Waals surface area contributed by atoms with Crippen LogP contribution in [0.5, 0.6) is 0 Å². The number of hydrogen-bond acceptors (Lipinski definition) is 3. The fraction of sp³-hybridized carbons (Fsp3) is 0.615. The Hall–Kier alpha value is -1.29. The average Bonchev–Trinajstić information content (AvgIpc) is 2.75. The fourth-order valence-electron chi connectivity index (χ4n) is 2.26. The summed E-state index contributed by atoms with van der Waals surface area (Å²) in [6, 6.07) is 3.86. The summed E-state index contributed by atoms with van der Waals surface area (Å²) < 4.78 is 5.49. The highest BCUT2D eigenvalue weighted by Gasteiger charge is 2.24. The topological polar surface area (TPSA) is 45.5 Å². The van der Waals surface area contributed by atoms with E-state index in [1.165, 1.54) is 0 Å². The summed E-state index contributed by atoms with van der Waals surface area (Å²) >= 11 is 0. The van der Waals surface area contributed by atoms with Crippen LogP contribution in [0.1, 0.15) is 24.4 Å². The van der Waals surface area contributed by atoms with E-state index in [9.17, 15) is 4.79 Å². The number of hydrogen-bond donors (Lipinski definition) is 1. The lowest BCUT2D eigenvalue weighted by Crippen LogP contribution is -2.38. The maximum Gasteiger partial charge on any atom is 0.225 e. The van der Waals surface area contributed by atoms with Gasteiger partial charge in [0.15, 0.2) is 0 Å². The summed E-state index contributed by atoms with van der Waals surface area (Å²) in [5, 5.41) is 3.27. The molecule has 2 rings (SSSR count). The van der Waals surface area contributed by atoms with Crippen LogP contribution < -0.4 is 5.32 Å². The third-order valence-corrected chi connectivity index (χ3v) is 3.25. The molecule has 4 heteroatoms. The number of carbonyl (C=O) groups excluding carboxylic acids is 1. The molecule has 1 fully saturated rings. The zero-order chi connectivity index (χ0) is 12.3. The second-order valence-electron chi connectivity index (χ2n) is 4.73. The van der Waals surface area contributed by atoms with Gasteiger partial charge in [-0.15, -0.1) is 0 Å². The third-order valence-electron chi connectivity index (χ3n) is 3.25. The molecule has 0 bridgehead atoms. The number of furan rings is 1. The van der Waals surface area contributed by atoms with E-state index in [-0.39, 0.29) is 11.8 Å². The number of nitrogens with one attached hydrogen (secondary N) is 1. The zero-order valence-corrected chi connectivity index (χ0v) is 10.5. The van der Waals surface area contributed by atoms with Gasteiger partial charge in [0.25, 0.3) is 0 Å². The molecule has 1 aromatic rings. The van der Waals surface area contributed by atoms with E-state index in [4.69, 9.17) is 4.42 Å². The van der Waals surface area contributed by atoms with Crippen LogP contribution in [0.2, 0.25) is 0 Å². The van der Waals surface area contributed by atoms with Crippen LogP contribution in [-0.2, 0) is 11.3 Å². The molecule has 1 aromatic heterocycles. The predicted octanol–water partition coefficient (Wildman–Crippen LogP) is 1.55. The third kappa shape index (κ3) is 3.09. The molecule has 0 aromatic carbocycles. The van der Waals surface area contributed by atoms with E-state index in [1.54, 1.807) is 4.90 Å². The maximum absolute atomic E-state index is 12.2. The van der Waals surface area contributed by atoms with E-state index in [2.05, 4.69) is 5.32 Å². The molecular formula is C13H20N2O2. The zero-order valence-electron chi connectivity index (χ0n) is 10.5. The summed E-state index contributed by atoms with van der Waals surface area (Å²) in [7, 11) is 1.85. The van der Waals surface area contributed by atoms with Gasteiger partial charge in [0.1, 0.15) is 11.5 Å². The van der Waals surface area contributed by atoms with E-state index in [0.717, 1.165) is 37.5 Å². The molecule has 94 valence electrons. The van der Waals surface area contributed by atoms with Crippen LogP contribution in [0.15, 0.2) is 16.5 Å². The summed E-state index contributed by atoms with van der Waals surface area (Å²) in [5.41, 5.74) is 0. The van der Waals surface area contributed by atoms with Gasteiger partial charge in [0, 0.05) is 13.0 Å². The molecule has 0 atom stereocenters. The molecule has 1 saturated heterocycles.